The molecule has 0 bridgehead atoms. The van der Waals surface area contributed by atoms with E-state index in [1.807, 2.05) is 18.2 Å². The van der Waals surface area contributed by atoms with Gasteiger partial charge in [-0.25, -0.2) is 0 Å². The smallest absolute Gasteiger partial charge is 0.0554 e. The summed E-state index contributed by atoms with van der Waals surface area (Å²) in [7, 11) is 0. The molecule has 2 heteroatoms. The second kappa shape index (κ2) is 4.11. The SMILES string of the molecule is [2H]C(NCc1ccccc1)C1(C)COC1. The van der Waals surface area contributed by atoms with Crippen molar-refractivity contribution in [2.24, 2.45) is 5.41 Å². The molecule has 0 radical (unpaired) electrons. The summed E-state index contributed by atoms with van der Waals surface area (Å²) in [4.78, 5) is 0. The van der Waals surface area contributed by atoms with Gasteiger partial charge in [0.2, 0.25) is 0 Å². The van der Waals surface area contributed by atoms with Crippen molar-refractivity contribution in [2.75, 3.05) is 19.7 Å². The maximum absolute atomic E-state index is 7.98. The van der Waals surface area contributed by atoms with Gasteiger partial charge in [-0.3, -0.25) is 0 Å². The molecule has 0 saturated carbocycles. The van der Waals surface area contributed by atoms with Crippen molar-refractivity contribution < 1.29 is 6.11 Å². The molecule has 1 unspecified atom stereocenters. The monoisotopic (exact) mass is 192 g/mol. The van der Waals surface area contributed by atoms with Crippen molar-refractivity contribution in [3.8, 4) is 0 Å². The molecule has 2 nitrogen and oxygen atoms in total. The molecule has 1 saturated heterocycles. The third kappa shape index (κ3) is 2.34. The van der Waals surface area contributed by atoms with Gasteiger partial charge in [-0.1, -0.05) is 37.3 Å². The molecule has 0 amide bonds. The Hall–Kier alpha value is -0.860. The van der Waals surface area contributed by atoms with E-state index in [4.69, 9.17) is 6.11 Å². The van der Waals surface area contributed by atoms with Gasteiger partial charge < -0.3 is 10.1 Å². The maximum atomic E-state index is 7.98. The van der Waals surface area contributed by atoms with E-state index >= 15 is 0 Å². The Morgan fingerprint density at radius 3 is 2.71 bits per heavy atom. The average molecular weight is 192 g/mol. The Morgan fingerprint density at radius 1 is 1.43 bits per heavy atom. The van der Waals surface area contributed by atoms with Gasteiger partial charge in [-0.15, -0.1) is 0 Å². The van der Waals surface area contributed by atoms with Crippen LogP contribution in [0.15, 0.2) is 30.3 Å². The standard InChI is InChI=1S/C12H17NO/c1-12(9-14-10-12)8-13-7-11-5-3-2-4-6-11/h2-6,13H,7-10H2,1H3/i8D. The Balaban J connectivity index is 1.83. The number of hydrogen-bond donors (Lipinski definition) is 1. The van der Waals surface area contributed by atoms with Crippen LogP contribution in [0.4, 0.5) is 0 Å². The first-order chi connectivity index (χ1) is 7.21. The highest BCUT2D eigenvalue weighted by Crippen LogP contribution is 2.25. The number of ether oxygens (including phenoxy) is 1. The summed E-state index contributed by atoms with van der Waals surface area (Å²) in [6.07, 6.45) is 0. The van der Waals surface area contributed by atoms with Crippen molar-refractivity contribution in [2.45, 2.75) is 13.5 Å². The van der Waals surface area contributed by atoms with E-state index in [-0.39, 0.29) is 11.9 Å². The van der Waals surface area contributed by atoms with Gasteiger partial charge in [0.05, 0.1) is 13.2 Å². The Kier molecular flexibility index (Phi) is 2.48. The zero-order valence-electron chi connectivity index (χ0n) is 9.49. The summed E-state index contributed by atoms with van der Waals surface area (Å²) in [6.45, 7) is 3.99. The van der Waals surface area contributed by atoms with Crippen LogP contribution in [0.3, 0.4) is 0 Å². The number of nitrogens with one attached hydrogen (secondary N) is 1. The molecule has 1 fully saturated rings. The average Bonchev–Trinajstić information content (AvgIpc) is 2.24. The van der Waals surface area contributed by atoms with Crippen LogP contribution in [0.1, 0.15) is 13.9 Å². The highest BCUT2D eigenvalue weighted by Gasteiger charge is 2.32. The molecule has 1 aliphatic heterocycles. The van der Waals surface area contributed by atoms with Gasteiger partial charge in [0.15, 0.2) is 0 Å². The lowest BCUT2D eigenvalue weighted by Crippen LogP contribution is -2.47. The Morgan fingerprint density at radius 2 is 2.14 bits per heavy atom. The van der Waals surface area contributed by atoms with E-state index in [2.05, 4.69) is 24.4 Å². The first-order valence-corrected chi connectivity index (χ1v) is 4.98. The summed E-state index contributed by atoms with van der Waals surface area (Å²) in [5.41, 5.74) is 1.22. The molecule has 0 aromatic heterocycles. The third-order valence-electron chi connectivity index (χ3n) is 2.46. The van der Waals surface area contributed by atoms with E-state index in [1.165, 1.54) is 5.56 Å². The second-order valence-electron chi connectivity index (χ2n) is 4.16. The molecule has 1 N–H and O–H groups in total. The predicted molar refractivity (Wildman–Crippen MR) is 57.1 cm³/mol. The molecule has 76 valence electrons. The van der Waals surface area contributed by atoms with Gasteiger partial charge in [-0.2, -0.15) is 0 Å². The van der Waals surface area contributed by atoms with Gasteiger partial charge in [0.1, 0.15) is 0 Å². The minimum atomic E-state index is -0.244. The quantitative estimate of drug-likeness (QED) is 0.785. The maximum Gasteiger partial charge on any atom is 0.0554 e. The van der Waals surface area contributed by atoms with Crippen molar-refractivity contribution >= 4 is 0 Å². The summed E-state index contributed by atoms with van der Waals surface area (Å²) in [6, 6.07) is 10.2. The largest absolute Gasteiger partial charge is 0.380 e. The highest BCUT2D eigenvalue weighted by molar-refractivity contribution is 5.14. The molecule has 1 heterocycles. The zero-order chi connectivity index (χ0) is 10.7. The van der Waals surface area contributed by atoms with Gasteiger partial charge in [-0.05, 0) is 5.56 Å². The van der Waals surface area contributed by atoms with E-state index in [0.717, 1.165) is 6.54 Å². The van der Waals surface area contributed by atoms with Crippen LogP contribution in [-0.2, 0) is 11.3 Å². The first-order valence-electron chi connectivity index (χ1n) is 5.56. The van der Waals surface area contributed by atoms with E-state index in [9.17, 15) is 0 Å². The molecular weight excluding hydrogens is 174 g/mol. The van der Waals surface area contributed by atoms with Crippen LogP contribution < -0.4 is 5.32 Å². The number of benzene rings is 1. The molecule has 0 aliphatic carbocycles. The van der Waals surface area contributed by atoms with Crippen LogP contribution in [0, 0.1) is 5.41 Å². The van der Waals surface area contributed by atoms with Crippen LogP contribution in [0.2, 0.25) is 0 Å². The lowest BCUT2D eigenvalue weighted by atomic mass is 9.89. The summed E-state index contributed by atoms with van der Waals surface area (Å²) in [5, 5.41) is 3.23. The molecule has 1 aliphatic rings. The van der Waals surface area contributed by atoms with Crippen molar-refractivity contribution in [3.05, 3.63) is 35.9 Å². The van der Waals surface area contributed by atoms with Crippen molar-refractivity contribution in [1.82, 2.24) is 5.32 Å². The Labute approximate surface area is 86.7 Å². The van der Waals surface area contributed by atoms with Crippen molar-refractivity contribution in [3.63, 3.8) is 0 Å². The van der Waals surface area contributed by atoms with Gasteiger partial charge >= 0.3 is 0 Å². The lowest BCUT2D eigenvalue weighted by Gasteiger charge is -2.38. The molecule has 2 rings (SSSR count). The summed E-state index contributed by atoms with van der Waals surface area (Å²) in [5.74, 6) is 0. The zero-order valence-corrected chi connectivity index (χ0v) is 8.49. The summed E-state index contributed by atoms with van der Waals surface area (Å²) >= 11 is 0. The molecule has 1 aromatic carbocycles. The Bertz CT molecular complexity index is 311. The minimum Gasteiger partial charge on any atom is -0.380 e. The third-order valence-corrected chi connectivity index (χ3v) is 2.46. The van der Waals surface area contributed by atoms with Crippen LogP contribution in [-0.4, -0.2) is 19.7 Å². The molecule has 14 heavy (non-hydrogen) atoms. The molecule has 0 spiro atoms. The summed E-state index contributed by atoms with van der Waals surface area (Å²) < 4.78 is 13.1. The van der Waals surface area contributed by atoms with Gasteiger partial charge in [0, 0.05) is 19.9 Å². The van der Waals surface area contributed by atoms with E-state index in [0.29, 0.717) is 13.2 Å². The van der Waals surface area contributed by atoms with E-state index < -0.39 is 0 Å². The van der Waals surface area contributed by atoms with Gasteiger partial charge in [0.25, 0.3) is 0 Å². The van der Waals surface area contributed by atoms with Crippen LogP contribution in [0.5, 0.6) is 0 Å². The van der Waals surface area contributed by atoms with Crippen molar-refractivity contribution in [1.29, 1.82) is 0 Å². The topological polar surface area (TPSA) is 21.3 Å². The molecule has 1 atom stereocenters. The fraction of sp³-hybridized carbons (Fsp3) is 0.500. The van der Waals surface area contributed by atoms with Crippen LogP contribution >= 0.6 is 0 Å². The molecule has 1 aromatic rings. The fourth-order valence-electron chi connectivity index (χ4n) is 1.52. The second-order valence-corrected chi connectivity index (χ2v) is 4.16. The number of hydrogen-bond acceptors (Lipinski definition) is 2. The fourth-order valence-corrected chi connectivity index (χ4v) is 1.52. The predicted octanol–water partition coefficient (Wildman–Crippen LogP) is 1.81. The minimum absolute atomic E-state index is 0.00518. The highest BCUT2D eigenvalue weighted by atomic mass is 16.5. The van der Waals surface area contributed by atoms with Crippen LogP contribution in [0.25, 0.3) is 0 Å². The molecular formula is C12H17NO. The van der Waals surface area contributed by atoms with E-state index in [1.54, 1.807) is 0 Å². The lowest BCUT2D eigenvalue weighted by molar-refractivity contribution is -0.0991. The first kappa shape index (κ1) is 8.45. The normalized spacial score (nSPS) is 22.2. The number of rotatable bonds is 4.